The fraction of sp³-hybridized carbons (Fsp3) is 0.222. The molecule has 0 unspecified atom stereocenters. The van der Waals surface area contributed by atoms with Crippen LogP contribution in [0.4, 0.5) is 0 Å². The molecule has 0 bridgehead atoms. The molecule has 0 radical (unpaired) electrons. The van der Waals surface area contributed by atoms with E-state index in [4.69, 9.17) is 10.2 Å². The van der Waals surface area contributed by atoms with Crippen LogP contribution in [0.5, 0.6) is 0 Å². The lowest BCUT2D eigenvalue weighted by atomic mass is 10.1. The molecule has 0 aliphatic carbocycles. The second-order valence-electron chi connectivity index (χ2n) is 8.65. The summed E-state index contributed by atoms with van der Waals surface area (Å²) in [7, 11) is 0. The average Bonchev–Trinajstić information content (AvgIpc) is 3.49. The number of hydrogen-bond acceptors (Lipinski definition) is 2. The van der Waals surface area contributed by atoms with Gasteiger partial charge in [-0.3, -0.25) is 0 Å². The van der Waals surface area contributed by atoms with Crippen molar-refractivity contribution in [2.45, 2.75) is 40.4 Å². The highest BCUT2D eigenvalue weighted by Gasteiger charge is 2.26. The standard InChI is InChI=1S/C27H29N6/c1-20-16-22(3)32(28-20)27(33-23(4)17-21(2)29-33)25-12-8-9-13-26(25)31-15-14-30(19-31)18-24-10-6-5-7-11-24/h5-17,19,27H,18H2,1-4H3/q+1. The quantitative estimate of drug-likeness (QED) is 0.366. The Bertz CT molecular complexity index is 1340. The lowest BCUT2D eigenvalue weighted by Crippen LogP contribution is -2.31. The first kappa shape index (κ1) is 20.9. The van der Waals surface area contributed by atoms with Gasteiger partial charge in [0, 0.05) is 17.0 Å². The summed E-state index contributed by atoms with van der Waals surface area (Å²) in [5.41, 5.74) is 7.72. The number of aromatic nitrogens is 6. The highest BCUT2D eigenvalue weighted by molar-refractivity contribution is 5.43. The Hall–Kier alpha value is -3.93. The third-order valence-corrected chi connectivity index (χ3v) is 5.95. The van der Waals surface area contributed by atoms with Crippen molar-refractivity contribution in [2.75, 3.05) is 0 Å². The van der Waals surface area contributed by atoms with E-state index in [1.54, 1.807) is 0 Å². The molecule has 0 aliphatic heterocycles. The number of imidazole rings is 1. The third kappa shape index (κ3) is 4.12. The molecule has 166 valence electrons. The van der Waals surface area contributed by atoms with Gasteiger partial charge < -0.3 is 0 Å². The smallest absolute Gasteiger partial charge is 0.240 e. The maximum absolute atomic E-state index is 4.85. The van der Waals surface area contributed by atoms with Crippen LogP contribution < -0.4 is 4.57 Å². The summed E-state index contributed by atoms with van der Waals surface area (Å²) in [5, 5.41) is 9.70. The van der Waals surface area contributed by atoms with Crippen molar-refractivity contribution in [3.63, 3.8) is 0 Å². The number of nitrogens with zero attached hydrogens (tertiary/aromatic N) is 6. The topological polar surface area (TPSA) is 44.5 Å². The minimum Gasteiger partial charge on any atom is -0.240 e. The number of rotatable bonds is 6. The minimum absolute atomic E-state index is 0.187. The average molecular weight is 438 g/mol. The molecule has 0 saturated heterocycles. The first-order valence-corrected chi connectivity index (χ1v) is 11.3. The molecule has 2 aromatic carbocycles. The molecule has 6 nitrogen and oxygen atoms in total. The lowest BCUT2D eigenvalue weighted by molar-refractivity contribution is -0.687. The van der Waals surface area contributed by atoms with Crippen LogP contribution in [-0.2, 0) is 6.54 Å². The maximum atomic E-state index is 4.85. The highest BCUT2D eigenvalue weighted by atomic mass is 15.5. The largest absolute Gasteiger partial charge is 0.249 e. The number of aryl methyl sites for hydroxylation is 4. The second kappa shape index (κ2) is 8.54. The Morgan fingerprint density at radius 3 is 2.00 bits per heavy atom. The first-order chi connectivity index (χ1) is 16.0. The highest BCUT2D eigenvalue weighted by Crippen LogP contribution is 2.28. The zero-order valence-corrected chi connectivity index (χ0v) is 19.6. The Morgan fingerprint density at radius 2 is 1.39 bits per heavy atom. The van der Waals surface area contributed by atoms with Gasteiger partial charge in [0.05, 0.1) is 11.4 Å². The summed E-state index contributed by atoms with van der Waals surface area (Å²) < 4.78 is 8.54. The van der Waals surface area contributed by atoms with Gasteiger partial charge in [-0.15, -0.1) is 0 Å². The molecule has 0 fully saturated rings. The molecule has 0 amide bonds. The molecule has 6 heteroatoms. The summed E-state index contributed by atoms with van der Waals surface area (Å²) in [5.74, 6) is 0. The van der Waals surface area contributed by atoms with Crippen molar-refractivity contribution < 1.29 is 4.57 Å². The van der Waals surface area contributed by atoms with Crippen LogP contribution in [0.25, 0.3) is 5.69 Å². The van der Waals surface area contributed by atoms with Crippen molar-refractivity contribution in [2.24, 2.45) is 0 Å². The summed E-state index contributed by atoms with van der Waals surface area (Å²) >= 11 is 0. The zero-order valence-electron chi connectivity index (χ0n) is 19.6. The molecule has 5 rings (SSSR count). The molecule has 0 saturated carbocycles. The van der Waals surface area contributed by atoms with E-state index in [-0.39, 0.29) is 6.17 Å². The summed E-state index contributed by atoms with van der Waals surface area (Å²) in [4.78, 5) is 0. The summed E-state index contributed by atoms with van der Waals surface area (Å²) in [6.07, 6.45) is 6.19. The molecule has 3 aromatic heterocycles. The van der Waals surface area contributed by atoms with E-state index in [1.807, 2.05) is 19.9 Å². The Balaban J connectivity index is 1.61. The van der Waals surface area contributed by atoms with E-state index in [0.717, 1.165) is 40.6 Å². The number of benzene rings is 2. The van der Waals surface area contributed by atoms with E-state index < -0.39 is 0 Å². The van der Waals surface area contributed by atoms with Crippen LogP contribution in [0, 0.1) is 27.7 Å². The van der Waals surface area contributed by atoms with Crippen LogP contribution >= 0.6 is 0 Å². The molecule has 3 heterocycles. The van der Waals surface area contributed by atoms with E-state index in [0.29, 0.717) is 0 Å². The summed E-state index contributed by atoms with van der Waals surface area (Å²) in [6, 6.07) is 23.2. The van der Waals surface area contributed by atoms with Gasteiger partial charge in [0.15, 0.2) is 6.17 Å². The van der Waals surface area contributed by atoms with Gasteiger partial charge in [0.2, 0.25) is 6.33 Å². The predicted octanol–water partition coefficient (Wildman–Crippen LogP) is 4.53. The van der Waals surface area contributed by atoms with E-state index in [9.17, 15) is 0 Å². The fourth-order valence-corrected chi connectivity index (χ4v) is 4.52. The number of hydrogen-bond donors (Lipinski definition) is 0. The Morgan fingerprint density at radius 1 is 0.788 bits per heavy atom. The molecular formula is C27H29N6+. The predicted molar refractivity (Wildman–Crippen MR) is 128 cm³/mol. The monoisotopic (exact) mass is 437 g/mol. The van der Waals surface area contributed by atoms with Crippen molar-refractivity contribution in [3.05, 3.63) is 119 Å². The molecule has 0 aliphatic rings. The van der Waals surface area contributed by atoms with Gasteiger partial charge in [0.1, 0.15) is 24.6 Å². The van der Waals surface area contributed by atoms with Crippen molar-refractivity contribution in [1.82, 2.24) is 24.1 Å². The Kier molecular flexibility index (Phi) is 5.42. The van der Waals surface area contributed by atoms with Crippen LogP contribution in [0.3, 0.4) is 0 Å². The lowest BCUT2D eigenvalue weighted by Gasteiger charge is -2.23. The molecule has 0 spiro atoms. The SMILES string of the molecule is Cc1cc(C)n(C(c2ccccc2-n2cc[n+](Cc3ccccc3)c2)n2nc(C)cc2C)n1. The van der Waals surface area contributed by atoms with Gasteiger partial charge in [-0.1, -0.05) is 48.5 Å². The van der Waals surface area contributed by atoms with Crippen molar-refractivity contribution >= 4 is 0 Å². The van der Waals surface area contributed by atoms with Crippen LogP contribution in [-0.4, -0.2) is 24.1 Å². The first-order valence-electron chi connectivity index (χ1n) is 11.3. The summed E-state index contributed by atoms with van der Waals surface area (Å²) in [6.45, 7) is 9.10. The van der Waals surface area contributed by atoms with Crippen LogP contribution in [0.15, 0.2) is 85.5 Å². The van der Waals surface area contributed by atoms with E-state index in [1.165, 1.54) is 5.56 Å². The molecular weight excluding hydrogens is 408 g/mol. The van der Waals surface area contributed by atoms with Gasteiger partial charge in [-0.25, -0.2) is 18.5 Å². The fourth-order valence-electron chi connectivity index (χ4n) is 4.52. The van der Waals surface area contributed by atoms with Gasteiger partial charge in [-0.2, -0.15) is 10.2 Å². The molecule has 0 N–H and O–H groups in total. The maximum Gasteiger partial charge on any atom is 0.249 e. The van der Waals surface area contributed by atoms with Crippen molar-refractivity contribution in [1.29, 1.82) is 0 Å². The minimum atomic E-state index is -0.187. The van der Waals surface area contributed by atoms with Gasteiger partial charge in [-0.05, 0) is 51.5 Å². The third-order valence-electron chi connectivity index (χ3n) is 5.95. The second-order valence-corrected chi connectivity index (χ2v) is 8.65. The van der Waals surface area contributed by atoms with E-state index in [2.05, 4.69) is 112 Å². The van der Waals surface area contributed by atoms with Gasteiger partial charge >= 0.3 is 0 Å². The molecule has 33 heavy (non-hydrogen) atoms. The molecule has 5 aromatic rings. The van der Waals surface area contributed by atoms with Crippen molar-refractivity contribution in [3.8, 4) is 5.69 Å². The van der Waals surface area contributed by atoms with Gasteiger partial charge in [0.25, 0.3) is 0 Å². The molecule has 0 atom stereocenters. The number of para-hydroxylation sites is 1. The van der Waals surface area contributed by atoms with E-state index >= 15 is 0 Å². The zero-order chi connectivity index (χ0) is 22.9. The Labute approximate surface area is 194 Å². The van der Waals surface area contributed by atoms with Crippen LogP contribution in [0.2, 0.25) is 0 Å². The van der Waals surface area contributed by atoms with Crippen LogP contribution in [0.1, 0.15) is 40.1 Å². The normalized spacial score (nSPS) is 11.4.